The molecule has 0 radical (unpaired) electrons. The van der Waals surface area contributed by atoms with Crippen LogP contribution in [0.5, 0.6) is 0 Å². The van der Waals surface area contributed by atoms with Crippen molar-refractivity contribution < 1.29 is 4.74 Å². The lowest BCUT2D eigenvalue weighted by Crippen LogP contribution is -1.93. The molecule has 0 spiro atoms. The molecule has 11 heavy (non-hydrogen) atoms. The Bertz CT molecular complexity index is 303. The predicted octanol–water partition coefficient (Wildman–Crippen LogP) is 1.81. The number of fused-ring (bicyclic) bond motifs is 1. The van der Waals surface area contributed by atoms with Gasteiger partial charge in [-0.3, -0.25) is 0 Å². The lowest BCUT2D eigenvalue weighted by atomic mass is 10.3. The molecule has 2 heterocycles. The molecule has 0 bridgehead atoms. The van der Waals surface area contributed by atoms with E-state index in [4.69, 9.17) is 27.9 Å². The van der Waals surface area contributed by atoms with Gasteiger partial charge < -0.3 is 4.74 Å². The second-order valence-electron chi connectivity index (χ2n) is 2.20. The summed E-state index contributed by atoms with van der Waals surface area (Å²) in [5.41, 5.74) is 1.66. The molecule has 58 valence electrons. The number of ether oxygens (including phenoxy) is 1. The Hall–Kier alpha value is -0.380. The third-order valence-electron chi connectivity index (χ3n) is 1.50. The van der Waals surface area contributed by atoms with E-state index in [-0.39, 0.29) is 5.28 Å². The van der Waals surface area contributed by atoms with Crippen molar-refractivity contribution in [2.45, 2.75) is 13.2 Å². The fourth-order valence-electron chi connectivity index (χ4n) is 0.983. The fourth-order valence-corrected chi connectivity index (χ4v) is 1.46. The van der Waals surface area contributed by atoms with Crippen molar-refractivity contribution in [3.05, 3.63) is 21.7 Å². The Morgan fingerprint density at radius 2 is 2.00 bits per heavy atom. The Balaban J connectivity index is 2.60. The van der Waals surface area contributed by atoms with Crippen molar-refractivity contribution in [3.8, 4) is 0 Å². The Morgan fingerprint density at radius 1 is 1.18 bits per heavy atom. The van der Waals surface area contributed by atoms with Gasteiger partial charge in [-0.05, 0) is 11.6 Å². The third kappa shape index (κ3) is 1.20. The van der Waals surface area contributed by atoms with Gasteiger partial charge in [-0.15, -0.1) is 0 Å². The highest BCUT2D eigenvalue weighted by Gasteiger charge is 2.17. The summed E-state index contributed by atoms with van der Waals surface area (Å²) in [5, 5.41) is 0.580. The molecular weight excluding hydrogens is 187 g/mol. The van der Waals surface area contributed by atoms with E-state index in [1.165, 1.54) is 0 Å². The number of nitrogens with zero attached hydrogens (tertiary/aromatic N) is 2. The Kier molecular flexibility index (Phi) is 1.71. The highest BCUT2D eigenvalue weighted by Crippen LogP contribution is 2.25. The van der Waals surface area contributed by atoms with Crippen LogP contribution in [0.2, 0.25) is 10.4 Å². The maximum Gasteiger partial charge on any atom is 0.224 e. The maximum atomic E-state index is 5.76. The lowest BCUT2D eigenvalue weighted by Gasteiger charge is -1.97. The van der Waals surface area contributed by atoms with Crippen molar-refractivity contribution >= 4 is 23.2 Å². The second kappa shape index (κ2) is 2.59. The van der Waals surface area contributed by atoms with Crippen molar-refractivity contribution in [1.29, 1.82) is 0 Å². The van der Waals surface area contributed by atoms with Crippen LogP contribution in [-0.4, -0.2) is 9.97 Å². The van der Waals surface area contributed by atoms with Crippen LogP contribution in [0.15, 0.2) is 0 Å². The van der Waals surface area contributed by atoms with Crippen LogP contribution in [0, 0.1) is 0 Å². The van der Waals surface area contributed by atoms with Gasteiger partial charge in [0.15, 0.2) is 0 Å². The van der Waals surface area contributed by atoms with Crippen LogP contribution in [0.3, 0.4) is 0 Å². The van der Waals surface area contributed by atoms with Crippen molar-refractivity contribution in [3.63, 3.8) is 0 Å². The number of aromatic nitrogens is 2. The van der Waals surface area contributed by atoms with Crippen LogP contribution in [0.25, 0.3) is 0 Å². The zero-order valence-electron chi connectivity index (χ0n) is 5.47. The van der Waals surface area contributed by atoms with E-state index in [0.717, 1.165) is 11.3 Å². The van der Waals surface area contributed by atoms with E-state index in [2.05, 4.69) is 9.97 Å². The number of rotatable bonds is 0. The van der Waals surface area contributed by atoms with Gasteiger partial charge in [0.1, 0.15) is 5.15 Å². The molecule has 0 aliphatic carbocycles. The SMILES string of the molecule is Clc1nc(Cl)c2c(n1)COC2. The molecule has 5 heteroatoms. The first-order valence-corrected chi connectivity index (χ1v) is 3.81. The highest BCUT2D eigenvalue weighted by atomic mass is 35.5. The molecule has 3 nitrogen and oxygen atoms in total. The van der Waals surface area contributed by atoms with Gasteiger partial charge in [0.25, 0.3) is 0 Å². The molecule has 2 rings (SSSR count). The molecule has 0 N–H and O–H groups in total. The first-order chi connectivity index (χ1) is 5.27. The Labute approximate surface area is 73.3 Å². The van der Waals surface area contributed by atoms with Gasteiger partial charge in [0, 0.05) is 5.56 Å². The molecule has 1 aromatic rings. The quantitative estimate of drug-likeness (QED) is 0.463. The molecule has 0 aromatic carbocycles. The average molecular weight is 191 g/mol. The minimum Gasteiger partial charge on any atom is -0.370 e. The number of hydrogen-bond donors (Lipinski definition) is 0. The summed E-state index contributed by atoms with van der Waals surface area (Å²) < 4.78 is 5.11. The summed E-state index contributed by atoms with van der Waals surface area (Å²) in [7, 11) is 0. The minimum absolute atomic E-state index is 0.180. The average Bonchev–Trinajstić information content (AvgIpc) is 2.34. The lowest BCUT2D eigenvalue weighted by molar-refractivity contribution is 0.133. The molecule has 0 unspecified atom stereocenters. The van der Waals surface area contributed by atoms with Gasteiger partial charge in [-0.2, -0.15) is 0 Å². The molecular formula is C6H4Cl2N2O. The van der Waals surface area contributed by atoms with Gasteiger partial charge in [0.05, 0.1) is 18.9 Å². The van der Waals surface area contributed by atoms with Crippen LogP contribution in [0.1, 0.15) is 11.3 Å². The monoisotopic (exact) mass is 190 g/mol. The summed E-state index contributed by atoms with van der Waals surface area (Å²) in [5.74, 6) is 0. The van der Waals surface area contributed by atoms with E-state index in [1.54, 1.807) is 0 Å². The number of hydrogen-bond acceptors (Lipinski definition) is 3. The van der Waals surface area contributed by atoms with Crippen LogP contribution in [0.4, 0.5) is 0 Å². The smallest absolute Gasteiger partial charge is 0.224 e. The summed E-state index contributed by atoms with van der Waals surface area (Å²) in [6.45, 7) is 0.975. The summed E-state index contributed by atoms with van der Waals surface area (Å²) >= 11 is 11.3. The van der Waals surface area contributed by atoms with Crippen LogP contribution < -0.4 is 0 Å². The summed E-state index contributed by atoms with van der Waals surface area (Å²) in [6, 6.07) is 0. The van der Waals surface area contributed by atoms with Crippen LogP contribution >= 0.6 is 23.2 Å². The number of halogens is 2. The summed E-state index contributed by atoms with van der Waals surface area (Å²) in [4.78, 5) is 7.74. The van der Waals surface area contributed by atoms with Gasteiger partial charge in [-0.25, -0.2) is 9.97 Å². The Morgan fingerprint density at radius 3 is 2.82 bits per heavy atom. The zero-order chi connectivity index (χ0) is 7.84. The van der Waals surface area contributed by atoms with Crippen LogP contribution in [-0.2, 0) is 18.0 Å². The van der Waals surface area contributed by atoms with Crippen molar-refractivity contribution in [1.82, 2.24) is 9.97 Å². The molecule has 1 aliphatic heterocycles. The molecule has 0 fully saturated rings. The van der Waals surface area contributed by atoms with Crippen molar-refractivity contribution in [2.75, 3.05) is 0 Å². The maximum absolute atomic E-state index is 5.76. The van der Waals surface area contributed by atoms with E-state index in [9.17, 15) is 0 Å². The van der Waals surface area contributed by atoms with Crippen molar-refractivity contribution in [2.24, 2.45) is 0 Å². The van der Waals surface area contributed by atoms with Gasteiger partial charge in [0.2, 0.25) is 5.28 Å². The fraction of sp³-hybridized carbons (Fsp3) is 0.333. The highest BCUT2D eigenvalue weighted by molar-refractivity contribution is 6.32. The molecule has 0 amide bonds. The second-order valence-corrected chi connectivity index (χ2v) is 2.90. The molecule has 0 saturated carbocycles. The molecule has 0 atom stereocenters. The van der Waals surface area contributed by atoms with Gasteiger partial charge in [-0.1, -0.05) is 11.6 Å². The first kappa shape index (κ1) is 7.28. The topological polar surface area (TPSA) is 35.0 Å². The summed E-state index contributed by atoms with van der Waals surface area (Å²) in [6.07, 6.45) is 0. The normalized spacial score (nSPS) is 15.1. The first-order valence-electron chi connectivity index (χ1n) is 3.06. The minimum atomic E-state index is 0.180. The zero-order valence-corrected chi connectivity index (χ0v) is 6.98. The molecule has 1 aromatic heterocycles. The van der Waals surface area contributed by atoms with E-state index >= 15 is 0 Å². The van der Waals surface area contributed by atoms with Gasteiger partial charge >= 0.3 is 0 Å². The van der Waals surface area contributed by atoms with E-state index < -0.39 is 0 Å². The largest absolute Gasteiger partial charge is 0.370 e. The van der Waals surface area contributed by atoms with E-state index in [1.807, 2.05) is 0 Å². The van der Waals surface area contributed by atoms with E-state index in [0.29, 0.717) is 18.4 Å². The molecule has 0 saturated heterocycles. The standard InChI is InChI=1S/C6H4Cl2N2O/c7-5-3-1-11-2-4(3)9-6(8)10-5/h1-2H2. The predicted molar refractivity (Wildman–Crippen MR) is 40.5 cm³/mol. The molecule has 1 aliphatic rings. The third-order valence-corrected chi connectivity index (χ3v) is 1.98.